The van der Waals surface area contributed by atoms with Gasteiger partial charge in [0.1, 0.15) is 0 Å². The number of hydrogen-bond acceptors (Lipinski definition) is 3. The van der Waals surface area contributed by atoms with E-state index < -0.39 is 11.8 Å². The minimum absolute atomic E-state index is 0.0954. The first-order valence-electron chi connectivity index (χ1n) is 7.64. The molecule has 0 unspecified atom stereocenters. The van der Waals surface area contributed by atoms with Crippen molar-refractivity contribution in [3.63, 3.8) is 0 Å². The second kappa shape index (κ2) is 8.61. The Kier molecular flexibility index (Phi) is 6.51. The molecule has 0 aromatic heterocycles. The molecule has 7 heteroatoms. The first-order chi connectivity index (χ1) is 11.9. The van der Waals surface area contributed by atoms with E-state index in [4.69, 9.17) is 0 Å². The number of nitrogens with one attached hydrogen (secondary N) is 3. The van der Waals surface area contributed by atoms with Crippen LogP contribution < -0.4 is 16.2 Å². The van der Waals surface area contributed by atoms with Crippen LogP contribution in [0.25, 0.3) is 0 Å². The van der Waals surface area contributed by atoms with Crippen molar-refractivity contribution in [2.24, 2.45) is 5.92 Å². The van der Waals surface area contributed by atoms with Crippen LogP contribution in [0, 0.1) is 9.49 Å². The fourth-order valence-corrected chi connectivity index (χ4v) is 2.42. The zero-order valence-electron chi connectivity index (χ0n) is 13.8. The van der Waals surface area contributed by atoms with Gasteiger partial charge in [0.2, 0.25) is 5.91 Å². The summed E-state index contributed by atoms with van der Waals surface area (Å²) in [4.78, 5) is 35.7. The standard InChI is InChI=1S/C18H18IN3O3/c1-11(2)16(23)20-15-8-6-12(7-9-15)17(24)21-22-18(25)13-4-3-5-14(19)10-13/h3-11H,1-2H3,(H,20,23)(H,21,24)(H,22,25). The quantitative estimate of drug-likeness (QED) is 0.494. The van der Waals surface area contributed by atoms with E-state index in [1.54, 1.807) is 56.3 Å². The SMILES string of the molecule is CC(C)C(=O)Nc1ccc(C(=O)NNC(=O)c2cccc(I)c2)cc1. The number of halogens is 1. The lowest BCUT2D eigenvalue weighted by Gasteiger charge is -2.10. The van der Waals surface area contributed by atoms with Crippen molar-refractivity contribution in [3.8, 4) is 0 Å². The summed E-state index contributed by atoms with van der Waals surface area (Å²) in [5, 5.41) is 2.74. The Morgan fingerprint density at radius 1 is 0.880 bits per heavy atom. The molecule has 0 aliphatic carbocycles. The Hall–Kier alpha value is -2.42. The normalized spacial score (nSPS) is 10.2. The van der Waals surface area contributed by atoms with Crippen LogP contribution in [0.2, 0.25) is 0 Å². The van der Waals surface area contributed by atoms with Gasteiger partial charge in [-0.05, 0) is 65.1 Å². The molecule has 0 radical (unpaired) electrons. The number of anilines is 1. The number of benzene rings is 2. The van der Waals surface area contributed by atoms with Crippen LogP contribution in [0.5, 0.6) is 0 Å². The van der Waals surface area contributed by atoms with Crippen molar-refractivity contribution < 1.29 is 14.4 Å². The van der Waals surface area contributed by atoms with Gasteiger partial charge in [-0.3, -0.25) is 25.2 Å². The Bertz CT molecular complexity index is 788. The smallest absolute Gasteiger partial charge is 0.269 e. The summed E-state index contributed by atoms with van der Waals surface area (Å²) in [6.45, 7) is 3.60. The maximum absolute atomic E-state index is 12.1. The van der Waals surface area contributed by atoms with Crippen molar-refractivity contribution in [1.82, 2.24) is 10.9 Å². The van der Waals surface area contributed by atoms with Gasteiger partial charge >= 0.3 is 0 Å². The first kappa shape index (κ1) is 18.9. The van der Waals surface area contributed by atoms with Crippen LogP contribution in [-0.2, 0) is 4.79 Å². The number of carbonyl (C=O) groups is 3. The van der Waals surface area contributed by atoms with E-state index in [9.17, 15) is 14.4 Å². The summed E-state index contributed by atoms with van der Waals surface area (Å²) >= 11 is 2.11. The topological polar surface area (TPSA) is 87.3 Å². The molecule has 0 aliphatic heterocycles. The van der Waals surface area contributed by atoms with Gasteiger partial charge in [0.05, 0.1) is 0 Å². The molecule has 0 heterocycles. The lowest BCUT2D eigenvalue weighted by molar-refractivity contribution is -0.118. The van der Waals surface area contributed by atoms with Gasteiger partial charge in [-0.2, -0.15) is 0 Å². The third kappa shape index (κ3) is 5.56. The van der Waals surface area contributed by atoms with Gasteiger partial charge in [0.25, 0.3) is 11.8 Å². The Morgan fingerprint density at radius 2 is 1.48 bits per heavy atom. The lowest BCUT2D eigenvalue weighted by atomic mass is 10.1. The molecule has 2 aromatic rings. The maximum atomic E-state index is 12.1. The molecule has 3 amide bonds. The third-order valence-electron chi connectivity index (χ3n) is 3.32. The van der Waals surface area contributed by atoms with E-state index in [1.165, 1.54) is 0 Å². The minimum Gasteiger partial charge on any atom is -0.326 e. The molecule has 0 spiro atoms. The van der Waals surface area contributed by atoms with Crippen LogP contribution in [-0.4, -0.2) is 17.7 Å². The average molecular weight is 451 g/mol. The Balaban J connectivity index is 1.92. The first-order valence-corrected chi connectivity index (χ1v) is 8.72. The van der Waals surface area contributed by atoms with Gasteiger partial charge in [-0.1, -0.05) is 19.9 Å². The Labute approximate surface area is 159 Å². The van der Waals surface area contributed by atoms with Crippen LogP contribution >= 0.6 is 22.6 Å². The van der Waals surface area contributed by atoms with E-state index in [2.05, 4.69) is 38.8 Å². The summed E-state index contributed by atoms with van der Waals surface area (Å²) in [6, 6.07) is 13.4. The second-order valence-corrected chi connectivity index (χ2v) is 6.89. The number of hydrazine groups is 1. The molecular weight excluding hydrogens is 433 g/mol. The molecule has 0 saturated carbocycles. The van der Waals surface area contributed by atoms with Crippen LogP contribution in [0.4, 0.5) is 5.69 Å². The van der Waals surface area contributed by atoms with E-state index in [0.29, 0.717) is 16.8 Å². The molecule has 0 bridgehead atoms. The second-order valence-electron chi connectivity index (χ2n) is 5.64. The summed E-state index contributed by atoms with van der Waals surface area (Å²) in [6.07, 6.45) is 0. The maximum Gasteiger partial charge on any atom is 0.269 e. The van der Waals surface area contributed by atoms with Gasteiger partial charge in [0.15, 0.2) is 0 Å². The zero-order valence-corrected chi connectivity index (χ0v) is 16.0. The molecule has 0 aliphatic rings. The van der Waals surface area contributed by atoms with Crippen molar-refractivity contribution in [2.45, 2.75) is 13.8 Å². The highest BCUT2D eigenvalue weighted by Crippen LogP contribution is 2.11. The van der Waals surface area contributed by atoms with Crippen molar-refractivity contribution in [2.75, 3.05) is 5.32 Å². The molecule has 0 fully saturated rings. The van der Waals surface area contributed by atoms with E-state index in [-0.39, 0.29) is 11.8 Å². The molecule has 25 heavy (non-hydrogen) atoms. The largest absolute Gasteiger partial charge is 0.326 e. The molecule has 3 N–H and O–H groups in total. The Morgan fingerprint density at radius 3 is 2.04 bits per heavy atom. The summed E-state index contributed by atoms with van der Waals surface area (Å²) in [7, 11) is 0. The van der Waals surface area contributed by atoms with E-state index in [0.717, 1.165) is 3.57 Å². The molecule has 2 rings (SSSR count). The van der Waals surface area contributed by atoms with E-state index in [1.807, 2.05) is 6.07 Å². The zero-order chi connectivity index (χ0) is 18.4. The predicted octanol–water partition coefficient (Wildman–Crippen LogP) is 2.96. The van der Waals surface area contributed by atoms with Gasteiger partial charge in [-0.25, -0.2) is 0 Å². The lowest BCUT2D eigenvalue weighted by Crippen LogP contribution is -2.41. The predicted molar refractivity (Wildman–Crippen MR) is 104 cm³/mol. The monoisotopic (exact) mass is 451 g/mol. The summed E-state index contributed by atoms with van der Waals surface area (Å²) in [5.74, 6) is -1.06. The van der Waals surface area contributed by atoms with Crippen molar-refractivity contribution in [1.29, 1.82) is 0 Å². The number of amides is 3. The molecule has 0 atom stereocenters. The van der Waals surface area contributed by atoms with Crippen LogP contribution in [0.1, 0.15) is 34.6 Å². The van der Waals surface area contributed by atoms with Crippen molar-refractivity contribution >= 4 is 46.0 Å². The van der Waals surface area contributed by atoms with Gasteiger partial charge < -0.3 is 5.32 Å². The summed E-state index contributed by atoms with van der Waals surface area (Å²) < 4.78 is 0.926. The van der Waals surface area contributed by atoms with Gasteiger partial charge in [-0.15, -0.1) is 0 Å². The van der Waals surface area contributed by atoms with Gasteiger partial charge in [0, 0.05) is 26.3 Å². The van der Waals surface area contributed by atoms with E-state index >= 15 is 0 Å². The van der Waals surface area contributed by atoms with Crippen molar-refractivity contribution in [3.05, 3.63) is 63.2 Å². The molecular formula is C18H18IN3O3. The highest BCUT2D eigenvalue weighted by Gasteiger charge is 2.11. The molecule has 130 valence electrons. The molecule has 0 saturated heterocycles. The third-order valence-corrected chi connectivity index (χ3v) is 3.99. The van der Waals surface area contributed by atoms with Crippen LogP contribution in [0.3, 0.4) is 0 Å². The number of hydrogen-bond donors (Lipinski definition) is 3. The summed E-state index contributed by atoms with van der Waals surface area (Å²) in [5.41, 5.74) is 6.17. The highest BCUT2D eigenvalue weighted by molar-refractivity contribution is 14.1. The number of rotatable bonds is 4. The molecule has 2 aromatic carbocycles. The average Bonchev–Trinajstić information content (AvgIpc) is 2.59. The van der Waals surface area contributed by atoms with Crippen LogP contribution in [0.15, 0.2) is 48.5 Å². The molecule has 6 nitrogen and oxygen atoms in total. The highest BCUT2D eigenvalue weighted by atomic mass is 127. The fraction of sp³-hybridized carbons (Fsp3) is 0.167. The minimum atomic E-state index is -0.444. The number of carbonyl (C=O) groups excluding carboxylic acids is 3. The fourth-order valence-electron chi connectivity index (χ4n) is 1.88.